The van der Waals surface area contributed by atoms with Gasteiger partial charge in [0.05, 0.1) is 0 Å². The van der Waals surface area contributed by atoms with Gasteiger partial charge in [0.25, 0.3) is 5.56 Å². The first-order valence-electron chi connectivity index (χ1n) is 7.32. The Morgan fingerprint density at radius 1 is 1.36 bits per heavy atom. The summed E-state index contributed by atoms with van der Waals surface area (Å²) in [7, 11) is 0. The molecule has 1 aromatic rings. The number of rotatable bonds is 6. The van der Waals surface area contributed by atoms with Crippen LogP contribution in [-0.4, -0.2) is 45.9 Å². The number of hydrogen-bond acceptors (Lipinski definition) is 4. The van der Waals surface area contributed by atoms with Crippen LogP contribution in [0.4, 0.5) is 0 Å². The van der Waals surface area contributed by atoms with Gasteiger partial charge in [-0.25, -0.2) is 4.79 Å². The zero-order valence-electron chi connectivity index (χ0n) is 12.6. The van der Waals surface area contributed by atoms with E-state index in [0.29, 0.717) is 31.5 Å². The number of carbonyl (C=O) groups excluding carboxylic acids is 2. The molecule has 1 fully saturated rings. The predicted molar refractivity (Wildman–Crippen MR) is 79.5 cm³/mol. The molecule has 2 amide bonds. The van der Waals surface area contributed by atoms with E-state index in [4.69, 9.17) is 0 Å². The number of nitrogens with one attached hydrogen (secondary N) is 2. The van der Waals surface area contributed by atoms with Crippen molar-refractivity contribution in [2.75, 3.05) is 19.6 Å². The van der Waals surface area contributed by atoms with Crippen LogP contribution in [0.1, 0.15) is 24.8 Å². The third-order valence-corrected chi connectivity index (χ3v) is 3.60. The van der Waals surface area contributed by atoms with Crippen LogP contribution in [-0.2, 0) is 16.1 Å². The molecule has 8 nitrogen and oxygen atoms in total. The zero-order chi connectivity index (χ0) is 16.1. The minimum Gasteiger partial charge on any atom is -0.354 e. The SMILES string of the molecule is Cc1cn(CC(=O)NCCCN2CCCC2=O)c(=O)[nH]c1=O. The average Bonchev–Trinajstić information content (AvgIpc) is 2.86. The summed E-state index contributed by atoms with van der Waals surface area (Å²) in [5.41, 5.74) is -0.676. The molecule has 0 aliphatic carbocycles. The largest absolute Gasteiger partial charge is 0.354 e. The average molecular weight is 308 g/mol. The summed E-state index contributed by atoms with van der Waals surface area (Å²) >= 11 is 0. The number of amides is 2. The molecule has 1 aliphatic rings. The Kier molecular flexibility index (Phi) is 5.13. The van der Waals surface area contributed by atoms with Crippen molar-refractivity contribution in [3.63, 3.8) is 0 Å². The molecule has 0 radical (unpaired) electrons. The van der Waals surface area contributed by atoms with E-state index in [1.807, 2.05) is 0 Å². The molecule has 1 aromatic heterocycles. The second-order valence-electron chi connectivity index (χ2n) is 5.39. The Balaban J connectivity index is 1.76. The third kappa shape index (κ3) is 4.06. The Labute approximate surface area is 127 Å². The molecule has 8 heteroatoms. The fraction of sp³-hybridized carbons (Fsp3) is 0.571. The van der Waals surface area contributed by atoms with Gasteiger partial charge in [-0.15, -0.1) is 0 Å². The first-order valence-corrected chi connectivity index (χ1v) is 7.32. The summed E-state index contributed by atoms with van der Waals surface area (Å²) < 4.78 is 1.16. The Morgan fingerprint density at radius 2 is 2.14 bits per heavy atom. The highest BCUT2D eigenvalue weighted by atomic mass is 16.2. The topological polar surface area (TPSA) is 104 Å². The van der Waals surface area contributed by atoms with E-state index < -0.39 is 11.2 Å². The normalized spacial score (nSPS) is 14.4. The number of likely N-dealkylation sites (tertiary alicyclic amines) is 1. The second kappa shape index (κ2) is 7.06. The van der Waals surface area contributed by atoms with Crippen molar-refractivity contribution in [3.05, 3.63) is 32.6 Å². The Hall–Kier alpha value is -2.38. The maximum atomic E-state index is 11.8. The van der Waals surface area contributed by atoms with Crippen molar-refractivity contribution in [2.45, 2.75) is 32.7 Å². The van der Waals surface area contributed by atoms with Gasteiger partial charge in [0.1, 0.15) is 6.54 Å². The first kappa shape index (κ1) is 16.0. The van der Waals surface area contributed by atoms with Gasteiger partial charge in [0.2, 0.25) is 11.8 Å². The smallest absolute Gasteiger partial charge is 0.328 e. The van der Waals surface area contributed by atoms with Gasteiger partial charge in [0, 0.05) is 37.8 Å². The van der Waals surface area contributed by atoms with E-state index in [0.717, 1.165) is 17.5 Å². The summed E-state index contributed by atoms with van der Waals surface area (Å²) in [5.74, 6) is -0.136. The Bertz CT molecular complexity index is 676. The van der Waals surface area contributed by atoms with Gasteiger partial charge in [-0.2, -0.15) is 0 Å². The van der Waals surface area contributed by atoms with E-state index >= 15 is 0 Å². The van der Waals surface area contributed by atoms with E-state index in [9.17, 15) is 19.2 Å². The van der Waals surface area contributed by atoms with Gasteiger partial charge in [-0.05, 0) is 19.8 Å². The molecule has 0 aromatic carbocycles. The third-order valence-electron chi connectivity index (χ3n) is 3.60. The zero-order valence-corrected chi connectivity index (χ0v) is 12.6. The van der Waals surface area contributed by atoms with Crippen LogP contribution in [0.2, 0.25) is 0 Å². The molecule has 2 rings (SSSR count). The molecule has 2 heterocycles. The van der Waals surface area contributed by atoms with Crippen molar-refractivity contribution in [3.8, 4) is 0 Å². The minimum atomic E-state index is -0.603. The van der Waals surface area contributed by atoms with Gasteiger partial charge >= 0.3 is 5.69 Å². The number of aromatic nitrogens is 2. The molecule has 0 bridgehead atoms. The van der Waals surface area contributed by atoms with Gasteiger partial charge in [-0.3, -0.25) is 23.9 Å². The van der Waals surface area contributed by atoms with E-state index in [-0.39, 0.29) is 18.4 Å². The van der Waals surface area contributed by atoms with Crippen LogP contribution in [0.3, 0.4) is 0 Å². The van der Waals surface area contributed by atoms with E-state index in [2.05, 4.69) is 10.3 Å². The van der Waals surface area contributed by atoms with Crippen molar-refractivity contribution < 1.29 is 9.59 Å². The lowest BCUT2D eigenvalue weighted by Gasteiger charge is -2.15. The molecule has 120 valence electrons. The molecule has 2 N–H and O–H groups in total. The summed E-state index contributed by atoms with van der Waals surface area (Å²) in [5, 5.41) is 2.70. The lowest BCUT2D eigenvalue weighted by atomic mass is 10.3. The Morgan fingerprint density at radius 3 is 2.82 bits per heavy atom. The van der Waals surface area contributed by atoms with Crippen LogP contribution < -0.4 is 16.6 Å². The highest BCUT2D eigenvalue weighted by Gasteiger charge is 2.19. The molecule has 0 unspecified atom stereocenters. The van der Waals surface area contributed by atoms with Crippen LogP contribution in [0.25, 0.3) is 0 Å². The summed E-state index contributed by atoms with van der Waals surface area (Å²) in [6.45, 7) is 3.30. The van der Waals surface area contributed by atoms with Crippen molar-refractivity contribution in [1.29, 1.82) is 0 Å². The maximum Gasteiger partial charge on any atom is 0.328 e. The second-order valence-corrected chi connectivity index (χ2v) is 5.39. The van der Waals surface area contributed by atoms with Crippen molar-refractivity contribution >= 4 is 11.8 Å². The molecule has 22 heavy (non-hydrogen) atoms. The quantitative estimate of drug-likeness (QED) is 0.656. The van der Waals surface area contributed by atoms with Gasteiger partial charge in [-0.1, -0.05) is 0 Å². The van der Waals surface area contributed by atoms with Crippen LogP contribution in [0, 0.1) is 6.92 Å². The number of H-pyrrole nitrogens is 1. The highest BCUT2D eigenvalue weighted by Crippen LogP contribution is 2.09. The van der Waals surface area contributed by atoms with Gasteiger partial charge < -0.3 is 10.2 Å². The predicted octanol–water partition coefficient (Wildman–Crippen LogP) is -1.03. The molecule has 0 spiro atoms. The van der Waals surface area contributed by atoms with E-state index in [1.165, 1.54) is 6.20 Å². The number of aryl methyl sites for hydroxylation is 1. The van der Waals surface area contributed by atoms with E-state index in [1.54, 1.807) is 11.8 Å². The first-order chi connectivity index (χ1) is 10.5. The highest BCUT2D eigenvalue weighted by molar-refractivity contribution is 5.78. The summed E-state index contributed by atoms with van der Waals surface area (Å²) in [6, 6.07) is 0. The number of aromatic amines is 1. The van der Waals surface area contributed by atoms with Crippen LogP contribution >= 0.6 is 0 Å². The standard InChI is InChI=1S/C14H20N4O4/c1-10-8-18(14(22)16-13(10)21)9-11(19)15-5-3-7-17-6-2-4-12(17)20/h8H,2-7,9H2,1H3,(H,15,19)(H,16,21,22). The van der Waals surface area contributed by atoms with Crippen molar-refractivity contribution in [1.82, 2.24) is 19.8 Å². The lowest BCUT2D eigenvalue weighted by molar-refractivity contribution is -0.127. The van der Waals surface area contributed by atoms with Crippen molar-refractivity contribution in [2.24, 2.45) is 0 Å². The molecule has 1 saturated heterocycles. The summed E-state index contributed by atoms with van der Waals surface area (Å²) in [6.07, 6.45) is 3.56. The lowest BCUT2D eigenvalue weighted by Crippen LogP contribution is -2.37. The summed E-state index contributed by atoms with van der Waals surface area (Å²) in [4.78, 5) is 49.9. The minimum absolute atomic E-state index is 0.140. The van der Waals surface area contributed by atoms with Crippen LogP contribution in [0.15, 0.2) is 15.8 Å². The monoisotopic (exact) mass is 308 g/mol. The molecule has 0 atom stereocenters. The molecular formula is C14H20N4O4. The molecule has 1 aliphatic heterocycles. The number of carbonyl (C=O) groups is 2. The number of hydrogen-bond donors (Lipinski definition) is 2. The maximum absolute atomic E-state index is 11.8. The molecule has 0 saturated carbocycles. The van der Waals surface area contributed by atoms with Crippen LogP contribution in [0.5, 0.6) is 0 Å². The molecular weight excluding hydrogens is 288 g/mol. The van der Waals surface area contributed by atoms with Gasteiger partial charge in [0.15, 0.2) is 0 Å². The fourth-order valence-corrected chi connectivity index (χ4v) is 2.38. The fourth-order valence-electron chi connectivity index (χ4n) is 2.38. The number of nitrogens with zero attached hydrogens (tertiary/aromatic N) is 2.